The van der Waals surface area contributed by atoms with Crippen molar-refractivity contribution in [2.24, 2.45) is 0 Å². The number of hydrogen-bond donors (Lipinski definition) is 0. The quantitative estimate of drug-likeness (QED) is 0.436. The van der Waals surface area contributed by atoms with E-state index in [1.165, 1.54) is 42.5 Å². The van der Waals surface area contributed by atoms with Crippen LogP contribution in [0.5, 0.6) is 0 Å². The monoisotopic (exact) mass is 385 g/mol. The van der Waals surface area contributed by atoms with E-state index in [0.29, 0.717) is 17.3 Å². The molecule has 0 bridgehead atoms. The molecule has 0 aliphatic carbocycles. The largest absolute Gasteiger partial charge is 0.293 e. The Morgan fingerprint density at radius 2 is 1.74 bits per heavy atom. The van der Waals surface area contributed by atoms with E-state index in [4.69, 9.17) is 0 Å². The molecule has 0 saturated carbocycles. The Kier molecular flexibility index (Phi) is 4.99. The van der Waals surface area contributed by atoms with E-state index in [0.717, 1.165) is 4.90 Å². The normalized spacial score (nSPS) is 15.4. The summed E-state index contributed by atoms with van der Waals surface area (Å²) in [6.07, 6.45) is 1.39. The number of benzene rings is 2. The Labute approximate surface area is 156 Å². The van der Waals surface area contributed by atoms with E-state index in [-0.39, 0.29) is 28.4 Å². The number of amides is 2. The van der Waals surface area contributed by atoms with E-state index in [1.807, 2.05) is 0 Å². The van der Waals surface area contributed by atoms with Gasteiger partial charge in [0.1, 0.15) is 0 Å². The second kappa shape index (κ2) is 7.38. The summed E-state index contributed by atoms with van der Waals surface area (Å²) in [5, 5.41) is 21.4. The number of nitrogens with zero attached hydrogens (tertiary/aromatic N) is 3. The van der Waals surface area contributed by atoms with Gasteiger partial charge in [-0.15, -0.1) is 0 Å². The lowest BCUT2D eigenvalue weighted by Crippen LogP contribution is -2.27. The molecule has 136 valence electrons. The van der Waals surface area contributed by atoms with E-state index in [1.54, 1.807) is 12.1 Å². The molecule has 0 radical (unpaired) electrons. The second-order valence-electron chi connectivity index (χ2n) is 5.51. The molecule has 2 amide bonds. The number of para-hydroxylation sites is 1. The molecular weight excluding hydrogens is 374 g/mol. The number of imide groups is 1. The number of hydrogen-bond acceptors (Lipinski definition) is 7. The van der Waals surface area contributed by atoms with E-state index in [9.17, 15) is 29.8 Å². The number of thioether (sulfide) groups is 1. The van der Waals surface area contributed by atoms with Crippen molar-refractivity contribution in [3.8, 4) is 0 Å². The molecule has 9 nitrogen and oxygen atoms in total. The van der Waals surface area contributed by atoms with Gasteiger partial charge in [-0.2, -0.15) is 0 Å². The van der Waals surface area contributed by atoms with E-state index >= 15 is 0 Å². The van der Waals surface area contributed by atoms with Gasteiger partial charge in [-0.3, -0.25) is 34.7 Å². The first-order valence-electron chi connectivity index (χ1n) is 7.59. The van der Waals surface area contributed by atoms with Crippen molar-refractivity contribution in [2.45, 2.75) is 6.54 Å². The number of non-ortho nitro benzene ring substituents is 1. The first kappa shape index (κ1) is 18.3. The zero-order valence-electron chi connectivity index (χ0n) is 13.6. The molecule has 0 atom stereocenters. The molecule has 1 aliphatic heterocycles. The predicted molar refractivity (Wildman–Crippen MR) is 97.7 cm³/mol. The fourth-order valence-electron chi connectivity index (χ4n) is 2.51. The summed E-state index contributed by atoms with van der Waals surface area (Å²) in [6, 6.07) is 11.5. The van der Waals surface area contributed by atoms with Gasteiger partial charge in [-0.1, -0.05) is 30.3 Å². The molecule has 1 heterocycles. The van der Waals surface area contributed by atoms with Crippen LogP contribution in [-0.2, 0) is 11.3 Å². The molecule has 2 aromatic rings. The lowest BCUT2D eigenvalue weighted by atomic mass is 10.1. The second-order valence-corrected chi connectivity index (χ2v) is 6.50. The number of rotatable bonds is 5. The highest BCUT2D eigenvalue weighted by molar-refractivity contribution is 8.18. The maximum absolute atomic E-state index is 12.5. The lowest BCUT2D eigenvalue weighted by Gasteiger charge is -2.12. The molecule has 0 aromatic heterocycles. The van der Waals surface area contributed by atoms with Gasteiger partial charge in [-0.05, 0) is 23.4 Å². The van der Waals surface area contributed by atoms with Crippen LogP contribution in [-0.4, -0.2) is 25.9 Å². The van der Waals surface area contributed by atoms with Gasteiger partial charge in [0.2, 0.25) is 0 Å². The highest BCUT2D eigenvalue weighted by Gasteiger charge is 2.36. The summed E-state index contributed by atoms with van der Waals surface area (Å²) in [7, 11) is 0. The summed E-state index contributed by atoms with van der Waals surface area (Å²) < 4.78 is 0. The van der Waals surface area contributed by atoms with E-state index < -0.39 is 21.0 Å². The van der Waals surface area contributed by atoms with Crippen LogP contribution in [0.15, 0.2) is 53.4 Å². The van der Waals surface area contributed by atoms with Gasteiger partial charge in [0.15, 0.2) is 0 Å². The van der Waals surface area contributed by atoms with Gasteiger partial charge in [-0.25, -0.2) is 0 Å². The number of carbonyl (C=O) groups excluding carboxylic acids is 2. The minimum atomic E-state index is -0.602. The van der Waals surface area contributed by atoms with Crippen LogP contribution in [0.3, 0.4) is 0 Å². The summed E-state index contributed by atoms with van der Waals surface area (Å²) in [6.45, 7) is -0.228. The standard InChI is InChI=1S/C17H11N3O6S/c21-16-15(9-11-4-3-6-13(8-11)19(23)24)27-17(22)18(16)10-12-5-1-2-7-14(12)20(25)26/h1-9H,10H2/b15-9-. The molecular formula is C17H11N3O6S. The number of carbonyl (C=O) groups is 2. The van der Waals surface area contributed by atoms with Crippen LogP contribution >= 0.6 is 11.8 Å². The fraction of sp³-hybridized carbons (Fsp3) is 0.0588. The smallest absolute Gasteiger partial charge is 0.268 e. The third-order valence-electron chi connectivity index (χ3n) is 3.77. The molecule has 3 rings (SSSR count). The van der Waals surface area contributed by atoms with Crippen molar-refractivity contribution in [3.05, 3.63) is 84.8 Å². The average Bonchev–Trinajstić information content (AvgIpc) is 2.89. The molecule has 2 aromatic carbocycles. The van der Waals surface area contributed by atoms with E-state index in [2.05, 4.69) is 0 Å². The van der Waals surface area contributed by atoms with Crippen molar-refractivity contribution in [3.63, 3.8) is 0 Å². The molecule has 1 saturated heterocycles. The molecule has 10 heteroatoms. The minimum Gasteiger partial charge on any atom is -0.268 e. The third kappa shape index (κ3) is 3.85. The van der Waals surface area contributed by atoms with Crippen molar-refractivity contribution in [1.82, 2.24) is 4.90 Å². The summed E-state index contributed by atoms with van der Waals surface area (Å²) in [5.74, 6) is -0.602. The topological polar surface area (TPSA) is 124 Å². The lowest BCUT2D eigenvalue weighted by molar-refractivity contribution is -0.385. The number of nitro benzene ring substituents is 2. The Bertz CT molecular complexity index is 1000. The summed E-state index contributed by atoms with van der Waals surface area (Å²) in [5.41, 5.74) is 0.323. The summed E-state index contributed by atoms with van der Waals surface area (Å²) in [4.78, 5) is 46.5. The maximum Gasteiger partial charge on any atom is 0.293 e. The Morgan fingerprint density at radius 3 is 2.44 bits per heavy atom. The average molecular weight is 385 g/mol. The van der Waals surface area contributed by atoms with Gasteiger partial charge in [0, 0.05) is 23.8 Å². The van der Waals surface area contributed by atoms with Crippen LogP contribution in [0.25, 0.3) is 6.08 Å². The van der Waals surface area contributed by atoms with Crippen molar-refractivity contribution in [1.29, 1.82) is 0 Å². The van der Waals surface area contributed by atoms with Gasteiger partial charge in [0.05, 0.1) is 21.3 Å². The highest BCUT2D eigenvalue weighted by atomic mass is 32.2. The fourth-order valence-corrected chi connectivity index (χ4v) is 3.35. The van der Waals surface area contributed by atoms with Crippen LogP contribution in [0, 0.1) is 20.2 Å². The van der Waals surface area contributed by atoms with Crippen LogP contribution < -0.4 is 0 Å². The molecule has 0 spiro atoms. The Morgan fingerprint density at radius 1 is 1.00 bits per heavy atom. The van der Waals surface area contributed by atoms with Crippen molar-refractivity contribution < 1.29 is 19.4 Å². The first-order chi connectivity index (χ1) is 12.9. The van der Waals surface area contributed by atoms with Gasteiger partial charge < -0.3 is 0 Å². The van der Waals surface area contributed by atoms with Gasteiger partial charge in [0.25, 0.3) is 22.5 Å². The van der Waals surface area contributed by atoms with Crippen LogP contribution in [0.1, 0.15) is 11.1 Å². The zero-order valence-corrected chi connectivity index (χ0v) is 14.4. The third-order valence-corrected chi connectivity index (χ3v) is 4.68. The van der Waals surface area contributed by atoms with Crippen molar-refractivity contribution >= 4 is 40.4 Å². The Hall–Kier alpha value is -3.53. The highest BCUT2D eigenvalue weighted by Crippen LogP contribution is 2.34. The van der Waals surface area contributed by atoms with Gasteiger partial charge >= 0.3 is 0 Å². The SMILES string of the molecule is O=C1S/C(=C\c2cccc([N+](=O)[O-])c2)C(=O)N1Cc1ccccc1[N+](=O)[O-]. The van der Waals surface area contributed by atoms with Crippen LogP contribution in [0.2, 0.25) is 0 Å². The first-order valence-corrected chi connectivity index (χ1v) is 8.40. The molecule has 27 heavy (non-hydrogen) atoms. The maximum atomic E-state index is 12.5. The van der Waals surface area contributed by atoms with Crippen molar-refractivity contribution in [2.75, 3.05) is 0 Å². The number of nitro groups is 2. The zero-order chi connectivity index (χ0) is 19.6. The summed E-state index contributed by atoms with van der Waals surface area (Å²) >= 11 is 0.683. The van der Waals surface area contributed by atoms with Crippen LogP contribution in [0.4, 0.5) is 16.2 Å². The molecule has 0 unspecified atom stereocenters. The predicted octanol–water partition coefficient (Wildman–Crippen LogP) is 3.74. The molecule has 0 N–H and O–H groups in total. The molecule has 1 aliphatic rings. The Balaban J connectivity index is 1.87. The molecule has 1 fully saturated rings. The minimum absolute atomic E-state index is 0.0964.